The first kappa shape index (κ1) is 24.3. The van der Waals surface area contributed by atoms with Crippen LogP contribution in [0, 0.1) is 0 Å². The first-order valence-corrected chi connectivity index (χ1v) is 11.6. The normalized spacial score (nSPS) is 13.7. The second-order valence-corrected chi connectivity index (χ2v) is 8.26. The van der Waals surface area contributed by atoms with E-state index in [4.69, 9.17) is 18.9 Å². The third kappa shape index (κ3) is 6.22. The highest BCUT2D eigenvalue weighted by Crippen LogP contribution is 2.38. The van der Waals surface area contributed by atoms with E-state index >= 15 is 0 Å². The fourth-order valence-corrected chi connectivity index (χ4v) is 4.08. The van der Waals surface area contributed by atoms with Crippen molar-refractivity contribution in [3.63, 3.8) is 0 Å². The minimum Gasteiger partial charge on any atom is -0.493 e. The van der Waals surface area contributed by atoms with Crippen molar-refractivity contribution in [1.82, 2.24) is 10.3 Å². The molecule has 0 saturated carbocycles. The van der Waals surface area contributed by atoms with Crippen molar-refractivity contribution in [3.05, 3.63) is 60.2 Å². The van der Waals surface area contributed by atoms with Crippen molar-refractivity contribution in [2.45, 2.75) is 25.4 Å². The van der Waals surface area contributed by atoms with Crippen molar-refractivity contribution in [1.29, 1.82) is 0 Å². The predicted octanol–water partition coefficient (Wildman–Crippen LogP) is 4.09. The molecule has 2 aromatic carbocycles. The topological polar surface area (TPSA) is 90.9 Å². The zero-order valence-electron chi connectivity index (χ0n) is 20.3. The van der Waals surface area contributed by atoms with Crippen LogP contribution in [0.1, 0.15) is 18.4 Å². The van der Waals surface area contributed by atoms with E-state index in [1.54, 1.807) is 39.5 Å². The summed E-state index contributed by atoms with van der Waals surface area (Å²) < 4.78 is 22.2. The number of carbonyl (C=O) groups excluding carboxylic acids is 1. The van der Waals surface area contributed by atoms with Crippen molar-refractivity contribution in [2.24, 2.45) is 0 Å². The Morgan fingerprint density at radius 2 is 1.66 bits per heavy atom. The Labute approximate surface area is 205 Å². The maximum Gasteiger partial charge on any atom is 0.229 e. The second-order valence-electron chi connectivity index (χ2n) is 8.26. The van der Waals surface area contributed by atoms with Crippen LogP contribution in [0.4, 0.5) is 5.82 Å². The van der Waals surface area contributed by atoms with Crippen molar-refractivity contribution in [3.8, 4) is 34.3 Å². The molecule has 1 aliphatic heterocycles. The van der Waals surface area contributed by atoms with Crippen molar-refractivity contribution >= 4 is 11.7 Å². The molecule has 1 saturated heterocycles. The van der Waals surface area contributed by atoms with E-state index in [2.05, 4.69) is 15.6 Å². The molecule has 2 N–H and O–H groups in total. The number of anilines is 1. The van der Waals surface area contributed by atoms with Gasteiger partial charge in [0.2, 0.25) is 11.7 Å². The molecule has 0 atom stereocenters. The lowest BCUT2D eigenvalue weighted by Crippen LogP contribution is -2.34. The first-order valence-electron chi connectivity index (χ1n) is 11.6. The van der Waals surface area contributed by atoms with E-state index in [1.807, 2.05) is 36.4 Å². The zero-order chi connectivity index (χ0) is 24.6. The third-order valence-corrected chi connectivity index (χ3v) is 5.84. The second kappa shape index (κ2) is 11.6. The van der Waals surface area contributed by atoms with E-state index in [1.165, 1.54) is 0 Å². The largest absolute Gasteiger partial charge is 0.493 e. The van der Waals surface area contributed by atoms with Crippen LogP contribution < -0.4 is 29.6 Å². The van der Waals surface area contributed by atoms with E-state index in [0.717, 1.165) is 48.5 Å². The monoisotopic (exact) mass is 477 g/mol. The van der Waals surface area contributed by atoms with E-state index in [0.29, 0.717) is 23.1 Å². The molecule has 8 nitrogen and oxygen atoms in total. The maximum atomic E-state index is 12.7. The molecule has 0 unspecified atom stereocenters. The number of piperidine rings is 1. The molecule has 8 heteroatoms. The van der Waals surface area contributed by atoms with Gasteiger partial charge in [-0.05, 0) is 80.0 Å². The summed E-state index contributed by atoms with van der Waals surface area (Å²) in [4.78, 5) is 17.3. The Balaban J connectivity index is 1.41. The quantitative estimate of drug-likeness (QED) is 0.480. The van der Waals surface area contributed by atoms with Crippen LogP contribution in [0.3, 0.4) is 0 Å². The molecule has 4 rings (SSSR count). The number of aromatic nitrogens is 1. The predicted molar refractivity (Wildman–Crippen MR) is 135 cm³/mol. The van der Waals surface area contributed by atoms with Gasteiger partial charge in [-0.15, -0.1) is 0 Å². The average Bonchev–Trinajstić information content (AvgIpc) is 2.89. The first-order chi connectivity index (χ1) is 17.1. The Kier molecular flexibility index (Phi) is 8.05. The fourth-order valence-electron chi connectivity index (χ4n) is 4.08. The molecule has 1 amide bonds. The number of hydrogen-bond acceptors (Lipinski definition) is 7. The molecular formula is C27H31N3O5. The molecule has 1 aliphatic rings. The highest BCUT2D eigenvalue weighted by molar-refractivity contribution is 5.91. The molecule has 0 bridgehead atoms. The summed E-state index contributed by atoms with van der Waals surface area (Å²) in [5.74, 6) is 2.63. The van der Waals surface area contributed by atoms with E-state index in [9.17, 15) is 4.79 Å². The number of hydrogen-bond donors (Lipinski definition) is 2. The molecule has 1 aromatic heterocycles. The van der Waals surface area contributed by atoms with Gasteiger partial charge in [-0.3, -0.25) is 4.79 Å². The Bertz CT molecular complexity index is 1120. The minimum atomic E-state index is -0.199. The SMILES string of the molecule is COc1cc(CC(=O)Nc2cccc(-c3ccc(OC4CCNCC4)cc3)n2)cc(OC)c1OC. The number of amides is 1. The van der Waals surface area contributed by atoms with Gasteiger partial charge in [0, 0.05) is 5.56 Å². The third-order valence-electron chi connectivity index (χ3n) is 5.84. The number of nitrogens with zero attached hydrogens (tertiary/aromatic N) is 1. The van der Waals surface area contributed by atoms with Gasteiger partial charge in [-0.2, -0.15) is 0 Å². The highest BCUT2D eigenvalue weighted by Gasteiger charge is 2.16. The van der Waals surface area contributed by atoms with Crippen molar-refractivity contribution < 1.29 is 23.7 Å². The smallest absolute Gasteiger partial charge is 0.229 e. The van der Waals surface area contributed by atoms with Gasteiger partial charge in [-0.25, -0.2) is 4.98 Å². The molecule has 2 heterocycles. The average molecular weight is 478 g/mol. The standard InChI is InChI=1S/C27H31N3O5/c1-32-23-15-18(16-24(33-2)27(23)34-3)17-26(31)30-25-6-4-5-22(29-25)19-7-9-20(10-8-19)35-21-11-13-28-14-12-21/h4-10,15-16,21,28H,11-14,17H2,1-3H3,(H,29,30,31). The van der Waals surface area contributed by atoms with Gasteiger partial charge in [-0.1, -0.05) is 6.07 Å². The molecule has 0 radical (unpaired) electrons. The van der Waals surface area contributed by atoms with Crippen LogP contribution in [0.2, 0.25) is 0 Å². The summed E-state index contributed by atoms with van der Waals surface area (Å²) in [6.07, 6.45) is 2.41. The van der Waals surface area contributed by atoms with Crippen LogP contribution in [0.25, 0.3) is 11.3 Å². The number of pyridine rings is 1. The molecular weight excluding hydrogens is 446 g/mol. The summed E-state index contributed by atoms with van der Waals surface area (Å²) in [5.41, 5.74) is 2.45. The maximum absolute atomic E-state index is 12.7. The highest BCUT2D eigenvalue weighted by atomic mass is 16.5. The van der Waals surface area contributed by atoms with Gasteiger partial charge in [0.1, 0.15) is 17.7 Å². The number of benzene rings is 2. The van der Waals surface area contributed by atoms with Crippen LogP contribution >= 0.6 is 0 Å². The molecule has 0 spiro atoms. The van der Waals surface area contributed by atoms with Crippen LogP contribution in [-0.4, -0.2) is 51.4 Å². The lowest BCUT2D eigenvalue weighted by Gasteiger charge is -2.23. The van der Waals surface area contributed by atoms with Gasteiger partial charge in [0.25, 0.3) is 0 Å². The molecule has 0 aliphatic carbocycles. The van der Waals surface area contributed by atoms with Crippen LogP contribution in [-0.2, 0) is 11.2 Å². The zero-order valence-corrected chi connectivity index (χ0v) is 20.3. The summed E-state index contributed by atoms with van der Waals surface area (Å²) in [5, 5.41) is 6.22. The van der Waals surface area contributed by atoms with Gasteiger partial charge in [0.05, 0.1) is 33.4 Å². The lowest BCUT2D eigenvalue weighted by atomic mass is 10.1. The van der Waals surface area contributed by atoms with Crippen LogP contribution in [0.15, 0.2) is 54.6 Å². The Morgan fingerprint density at radius 3 is 2.29 bits per heavy atom. The molecule has 184 valence electrons. The Morgan fingerprint density at radius 1 is 0.971 bits per heavy atom. The summed E-state index contributed by atoms with van der Waals surface area (Å²) in [7, 11) is 4.63. The fraction of sp³-hybridized carbons (Fsp3) is 0.333. The number of nitrogens with one attached hydrogen (secondary N) is 2. The molecule has 35 heavy (non-hydrogen) atoms. The van der Waals surface area contributed by atoms with E-state index < -0.39 is 0 Å². The van der Waals surface area contributed by atoms with Gasteiger partial charge < -0.3 is 29.6 Å². The molecule has 3 aromatic rings. The van der Waals surface area contributed by atoms with Crippen LogP contribution in [0.5, 0.6) is 23.0 Å². The number of carbonyl (C=O) groups is 1. The molecule has 1 fully saturated rings. The lowest BCUT2D eigenvalue weighted by molar-refractivity contribution is -0.115. The Hall–Kier alpha value is -3.78. The number of rotatable bonds is 9. The number of methoxy groups -OCH3 is 3. The van der Waals surface area contributed by atoms with Crippen molar-refractivity contribution in [2.75, 3.05) is 39.7 Å². The van der Waals surface area contributed by atoms with Gasteiger partial charge >= 0.3 is 0 Å². The van der Waals surface area contributed by atoms with Gasteiger partial charge in [0.15, 0.2) is 11.5 Å². The van der Waals surface area contributed by atoms with E-state index in [-0.39, 0.29) is 18.4 Å². The summed E-state index contributed by atoms with van der Waals surface area (Å²) in [6, 6.07) is 17.0. The summed E-state index contributed by atoms with van der Waals surface area (Å²) in [6.45, 7) is 1.98. The summed E-state index contributed by atoms with van der Waals surface area (Å²) >= 11 is 0. The minimum absolute atomic E-state index is 0.130. The number of ether oxygens (including phenoxy) is 4.